The van der Waals surface area contributed by atoms with E-state index in [-0.39, 0.29) is 17.4 Å². The van der Waals surface area contributed by atoms with E-state index in [4.69, 9.17) is 16.3 Å². The van der Waals surface area contributed by atoms with E-state index in [1.165, 1.54) is 12.1 Å². The molecule has 0 unspecified atom stereocenters. The second kappa shape index (κ2) is 9.39. The summed E-state index contributed by atoms with van der Waals surface area (Å²) in [6, 6.07) is 13.7. The first-order chi connectivity index (χ1) is 15.0. The van der Waals surface area contributed by atoms with Crippen LogP contribution in [-0.2, 0) is 0 Å². The van der Waals surface area contributed by atoms with Crippen molar-refractivity contribution in [2.45, 2.75) is 13.3 Å². The highest BCUT2D eigenvalue weighted by Crippen LogP contribution is 2.24. The lowest BCUT2D eigenvalue weighted by atomic mass is 10.2. The highest BCUT2D eigenvalue weighted by molar-refractivity contribution is 6.30. The molecular weight excluding hydrogens is 419 g/mol. The molecule has 0 aliphatic carbocycles. The minimum atomic E-state index is -0.327. The molecule has 8 heteroatoms. The number of halogens is 2. The zero-order valence-electron chi connectivity index (χ0n) is 17.3. The normalized spacial score (nSPS) is 14.0. The second-order valence-corrected chi connectivity index (χ2v) is 7.81. The molecule has 4 rings (SSSR count). The maximum Gasteiger partial charge on any atom is 0.278 e. The Bertz CT molecular complexity index is 1050. The summed E-state index contributed by atoms with van der Waals surface area (Å²) in [5.41, 5.74) is 1.98. The van der Waals surface area contributed by atoms with Gasteiger partial charge in [0.25, 0.3) is 5.91 Å². The number of aromatic nitrogens is 2. The Morgan fingerprint density at radius 1 is 1.10 bits per heavy atom. The first-order valence-electron chi connectivity index (χ1n) is 10.3. The van der Waals surface area contributed by atoms with Gasteiger partial charge >= 0.3 is 0 Å². The molecule has 3 aromatic rings. The monoisotopic (exact) mass is 442 g/mol. The number of amides is 1. The number of piperazine rings is 1. The second-order valence-electron chi connectivity index (χ2n) is 7.37. The predicted octanol–water partition coefficient (Wildman–Crippen LogP) is 4.42. The van der Waals surface area contributed by atoms with Crippen LogP contribution < -0.4 is 9.64 Å². The summed E-state index contributed by atoms with van der Waals surface area (Å²) in [5, 5.41) is 5.17. The highest BCUT2D eigenvalue weighted by atomic mass is 35.5. The number of hydrogen-bond acceptors (Lipinski definition) is 4. The molecule has 1 saturated heterocycles. The molecule has 2 aromatic carbocycles. The minimum absolute atomic E-state index is 0.169. The fourth-order valence-corrected chi connectivity index (χ4v) is 3.72. The summed E-state index contributed by atoms with van der Waals surface area (Å²) in [5.74, 6) is -0.0570. The topological polar surface area (TPSA) is 50.6 Å². The van der Waals surface area contributed by atoms with E-state index in [9.17, 15) is 9.18 Å². The summed E-state index contributed by atoms with van der Waals surface area (Å²) < 4.78 is 20.6. The van der Waals surface area contributed by atoms with Crippen molar-refractivity contribution in [3.05, 3.63) is 71.3 Å². The average Bonchev–Trinajstić information content (AvgIpc) is 3.22. The van der Waals surface area contributed by atoms with Gasteiger partial charge in [0.1, 0.15) is 5.82 Å². The van der Waals surface area contributed by atoms with Crippen LogP contribution in [0.1, 0.15) is 23.8 Å². The summed E-state index contributed by atoms with van der Waals surface area (Å²) >= 11 is 6.11. The first-order valence-corrected chi connectivity index (χ1v) is 10.7. The van der Waals surface area contributed by atoms with Crippen molar-refractivity contribution in [2.24, 2.45) is 0 Å². The van der Waals surface area contributed by atoms with Crippen LogP contribution in [0.4, 0.5) is 10.1 Å². The Labute approximate surface area is 185 Å². The number of anilines is 1. The lowest BCUT2D eigenvalue weighted by Gasteiger charge is -2.36. The third-order valence-electron chi connectivity index (χ3n) is 5.18. The number of nitrogens with zero attached hydrogens (tertiary/aromatic N) is 4. The van der Waals surface area contributed by atoms with Gasteiger partial charge in [-0.15, -0.1) is 0 Å². The summed E-state index contributed by atoms with van der Waals surface area (Å²) in [7, 11) is 0. The predicted molar refractivity (Wildman–Crippen MR) is 119 cm³/mol. The van der Waals surface area contributed by atoms with E-state index in [1.54, 1.807) is 27.9 Å². The van der Waals surface area contributed by atoms with Gasteiger partial charge < -0.3 is 14.5 Å². The van der Waals surface area contributed by atoms with Crippen LogP contribution >= 0.6 is 11.6 Å². The largest absolute Gasteiger partial charge is 0.489 e. The molecule has 1 fully saturated rings. The molecule has 0 saturated carbocycles. The fraction of sp³-hybridized carbons (Fsp3) is 0.304. The Morgan fingerprint density at radius 2 is 1.84 bits per heavy atom. The molecule has 6 nitrogen and oxygen atoms in total. The third-order valence-corrected chi connectivity index (χ3v) is 5.41. The molecule has 162 valence electrons. The molecule has 0 atom stereocenters. The first kappa shape index (κ1) is 21.2. The molecule has 0 radical (unpaired) electrons. The highest BCUT2D eigenvalue weighted by Gasteiger charge is 2.27. The van der Waals surface area contributed by atoms with Crippen molar-refractivity contribution in [3.63, 3.8) is 0 Å². The van der Waals surface area contributed by atoms with Gasteiger partial charge in [-0.1, -0.05) is 24.6 Å². The van der Waals surface area contributed by atoms with Crippen molar-refractivity contribution >= 4 is 23.2 Å². The molecule has 31 heavy (non-hydrogen) atoms. The van der Waals surface area contributed by atoms with Crippen LogP contribution in [0.2, 0.25) is 5.02 Å². The third kappa shape index (κ3) is 4.82. The lowest BCUT2D eigenvalue weighted by molar-refractivity contribution is 0.0736. The van der Waals surface area contributed by atoms with Gasteiger partial charge in [0.15, 0.2) is 11.4 Å². The van der Waals surface area contributed by atoms with E-state index in [0.717, 1.165) is 12.1 Å². The van der Waals surface area contributed by atoms with Gasteiger partial charge in [0.05, 0.1) is 18.5 Å². The van der Waals surface area contributed by atoms with E-state index >= 15 is 0 Å². The van der Waals surface area contributed by atoms with E-state index < -0.39 is 0 Å². The van der Waals surface area contributed by atoms with E-state index in [1.807, 2.05) is 31.2 Å². The minimum Gasteiger partial charge on any atom is -0.489 e. The molecule has 1 amide bonds. The van der Waals surface area contributed by atoms with Crippen LogP contribution in [-0.4, -0.2) is 53.4 Å². The maximum absolute atomic E-state index is 13.3. The van der Waals surface area contributed by atoms with Crippen LogP contribution in [0.25, 0.3) is 5.69 Å². The number of ether oxygens (including phenoxy) is 1. The van der Waals surface area contributed by atoms with Gasteiger partial charge in [0, 0.05) is 36.9 Å². The van der Waals surface area contributed by atoms with Crippen LogP contribution in [0.5, 0.6) is 5.75 Å². The van der Waals surface area contributed by atoms with Gasteiger partial charge in [-0.05, 0) is 48.9 Å². The van der Waals surface area contributed by atoms with E-state index in [2.05, 4.69) is 10.00 Å². The smallest absolute Gasteiger partial charge is 0.278 e. The number of carbonyl (C=O) groups excluding carboxylic acids is 1. The average molecular weight is 443 g/mol. The van der Waals surface area contributed by atoms with Crippen LogP contribution in [0.15, 0.2) is 54.7 Å². The maximum atomic E-state index is 13.3. The SMILES string of the molecule is CCCOc1cn(-c2ccc(F)cc2)nc1C(=O)N1CCN(c2cccc(Cl)c2)CC1. The van der Waals surface area contributed by atoms with Crippen molar-refractivity contribution in [1.82, 2.24) is 14.7 Å². The molecule has 1 aliphatic heterocycles. The zero-order valence-corrected chi connectivity index (χ0v) is 18.1. The van der Waals surface area contributed by atoms with Crippen LogP contribution in [0.3, 0.4) is 0 Å². The lowest BCUT2D eigenvalue weighted by Crippen LogP contribution is -2.49. The molecule has 0 bridgehead atoms. The van der Waals surface area contributed by atoms with Crippen molar-refractivity contribution < 1.29 is 13.9 Å². The Kier molecular flexibility index (Phi) is 6.42. The van der Waals surface area contributed by atoms with Crippen molar-refractivity contribution in [1.29, 1.82) is 0 Å². The summed E-state index contributed by atoms with van der Waals surface area (Å²) in [4.78, 5) is 17.2. The number of rotatable bonds is 6. The summed E-state index contributed by atoms with van der Waals surface area (Å²) in [6.07, 6.45) is 2.49. The van der Waals surface area contributed by atoms with Crippen molar-refractivity contribution in [3.8, 4) is 11.4 Å². The zero-order chi connectivity index (χ0) is 21.8. The number of carbonyl (C=O) groups is 1. The Hall–Kier alpha value is -3.06. The summed E-state index contributed by atoms with van der Waals surface area (Å²) in [6.45, 7) is 5.04. The van der Waals surface area contributed by atoms with Crippen molar-refractivity contribution in [2.75, 3.05) is 37.7 Å². The standard InChI is InChI=1S/C23H24ClFN4O2/c1-2-14-31-21-16-29(19-8-6-18(25)7-9-19)26-22(21)23(30)28-12-10-27(11-13-28)20-5-3-4-17(24)15-20/h3-9,15-16H,2,10-14H2,1H3. The van der Waals surface area contributed by atoms with Gasteiger partial charge in [-0.25, -0.2) is 9.07 Å². The Morgan fingerprint density at radius 3 is 2.52 bits per heavy atom. The van der Waals surface area contributed by atoms with Crippen LogP contribution in [0, 0.1) is 5.82 Å². The van der Waals surface area contributed by atoms with Gasteiger partial charge in [-0.2, -0.15) is 5.10 Å². The number of hydrogen-bond donors (Lipinski definition) is 0. The molecular formula is C23H24ClFN4O2. The fourth-order valence-electron chi connectivity index (χ4n) is 3.54. The molecule has 0 N–H and O–H groups in total. The molecule has 1 aliphatic rings. The van der Waals surface area contributed by atoms with Gasteiger partial charge in [0.2, 0.25) is 0 Å². The molecule has 0 spiro atoms. The Balaban J connectivity index is 1.51. The quantitative estimate of drug-likeness (QED) is 0.567. The van der Waals surface area contributed by atoms with E-state index in [0.29, 0.717) is 49.2 Å². The molecule has 1 aromatic heterocycles. The van der Waals surface area contributed by atoms with Gasteiger partial charge in [-0.3, -0.25) is 4.79 Å². The molecule has 2 heterocycles. The number of benzene rings is 2.